The number of methoxy groups -OCH3 is 1. The van der Waals surface area contributed by atoms with E-state index in [0.717, 1.165) is 36.9 Å². The number of hydrogen-bond donors (Lipinski definition) is 1. The number of quaternary nitrogens is 1. The van der Waals surface area contributed by atoms with Crippen LogP contribution in [-0.4, -0.2) is 51.1 Å². The van der Waals surface area contributed by atoms with E-state index in [1.54, 1.807) is 31.4 Å². The quantitative estimate of drug-likeness (QED) is 0.788. The predicted octanol–water partition coefficient (Wildman–Crippen LogP) is 1.39. The van der Waals surface area contributed by atoms with Crippen molar-refractivity contribution in [3.05, 3.63) is 53.6 Å². The molecule has 1 atom stereocenters. The Hall–Kier alpha value is -2.57. The maximum absolute atomic E-state index is 13.0. The van der Waals surface area contributed by atoms with Crippen molar-refractivity contribution in [2.75, 3.05) is 43.1 Å². The number of piperazine rings is 1. The highest BCUT2D eigenvalue weighted by molar-refractivity contribution is 6.30. The number of nitrogens with one attached hydrogen (secondary N) is 1. The maximum Gasteiger partial charge on any atom is 0.292 e. The second kappa shape index (κ2) is 7.81. The molecular formula is C21H23ClN3O3+. The molecule has 0 unspecified atom stereocenters. The zero-order chi connectivity index (χ0) is 19.7. The number of amides is 2. The lowest BCUT2D eigenvalue weighted by Gasteiger charge is -2.35. The van der Waals surface area contributed by atoms with E-state index in [1.165, 1.54) is 9.80 Å². The fourth-order valence-electron chi connectivity index (χ4n) is 4.01. The third-order valence-corrected chi connectivity index (χ3v) is 5.82. The van der Waals surface area contributed by atoms with Crippen LogP contribution in [0.5, 0.6) is 5.75 Å². The molecule has 2 aromatic carbocycles. The number of ether oxygens (including phenoxy) is 1. The smallest absolute Gasteiger partial charge is 0.292 e. The summed E-state index contributed by atoms with van der Waals surface area (Å²) in [4.78, 5) is 30.3. The molecule has 1 N–H and O–H groups in total. The van der Waals surface area contributed by atoms with Gasteiger partial charge in [-0.15, -0.1) is 0 Å². The molecule has 2 fully saturated rings. The topological polar surface area (TPSA) is 54.3 Å². The molecule has 2 aliphatic rings. The summed E-state index contributed by atoms with van der Waals surface area (Å²) < 4.78 is 5.15. The van der Waals surface area contributed by atoms with Crippen LogP contribution in [0.25, 0.3) is 0 Å². The summed E-state index contributed by atoms with van der Waals surface area (Å²) in [5.74, 6) is 0.459. The molecule has 0 bridgehead atoms. The Morgan fingerprint density at radius 2 is 1.57 bits per heavy atom. The van der Waals surface area contributed by atoms with Crippen LogP contribution >= 0.6 is 11.6 Å². The number of benzene rings is 2. The van der Waals surface area contributed by atoms with E-state index in [2.05, 4.69) is 4.90 Å². The Bertz CT molecular complexity index is 861. The largest absolute Gasteiger partial charge is 0.497 e. The minimum Gasteiger partial charge on any atom is -0.497 e. The molecular weight excluding hydrogens is 378 g/mol. The molecule has 7 heteroatoms. The van der Waals surface area contributed by atoms with Gasteiger partial charge >= 0.3 is 0 Å². The molecule has 0 spiro atoms. The van der Waals surface area contributed by atoms with E-state index >= 15 is 0 Å². The first-order chi connectivity index (χ1) is 13.6. The zero-order valence-corrected chi connectivity index (χ0v) is 16.5. The maximum atomic E-state index is 13.0. The second-order valence-electron chi connectivity index (χ2n) is 7.14. The number of imide groups is 1. The molecule has 0 saturated carbocycles. The molecule has 2 aliphatic heterocycles. The average Bonchev–Trinajstić information content (AvgIpc) is 3.03. The van der Waals surface area contributed by atoms with Gasteiger partial charge in [0.1, 0.15) is 5.75 Å². The highest BCUT2D eigenvalue weighted by atomic mass is 35.5. The van der Waals surface area contributed by atoms with Gasteiger partial charge in [0.2, 0.25) is 5.91 Å². The van der Waals surface area contributed by atoms with Crippen molar-refractivity contribution in [2.24, 2.45) is 0 Å². The number of halogens is 1. The van der Waals surface area contributed by atoms with Crippen molar-refractivity contribution in [3.8, 4) is 5.75 Å². The van der Waals surface area contributed by atoms with E-state index in [1.807, 2.05) is 24.3 Å². The van der Waals surface area contributed by atoms with Gasteiger partial charge in [-0.1, -0.05) is 11.6 Å². The van der Waals surface area contributed by atoms with Crippen molar-refractivity contribution < 1.29 is 19.2 Å². The molecule has 2 heterocycles. The van der Waals surface area contributed by atoms with Gasteiger partial charge < -0.3 is 14.5 Å². The fraction of sp³-hybridized carbons (Fsp3) is 0.333. The number of anilines is 2. The molecule has 2 amide bonds. The zero-order valence-electron chi connectivity index (χ0n) is 15.7. The molecule has 2 saturated heterocycles. The van der Waals surface area contributed by atoms with Gasteiger partial charge in [-0.3, -0.25) is 9.59 Å². The van der Waals surface area contributed by atoms with Crippen molar-refractivity contribution in [3.63, 3.8) is 0 Å². The monoisotopic (exact) mass is 400 g/mol. The lowest BCUT2D eigenvalue weighted by Crippen LogP contribution is -3.19. The van der Waals surface area contributed by atoms with Crippen molar-refractivity contribution in [1.29, 1.82) is 0 Å². The Morgan fingerprint density at radius 3 is 2.18 bits per heavy atom. The van der Waals surface area contributed by atoms with Gasteiger partial charge in [-0.05, 0) is 48.5 Å². The summed E-state index contributed by atoms with van der Waals surface area (Å²) >= 11 is 5.97. The molecule has 2 aromatic rings. The van der Waals surface area contributed by atoms with E-state index < -0.39 is 0 Å². The van der Waals surface area contributed by atoms with Crippen LogP contribution < -0.4 is 19.4 Å². The van der Waals surface area contributed by atoms with Crippen LogP contribution in [-0.2, 0) is 9.59 Å². The van der Waals surface area contributed by atoms with Crippen molar-refractivity contribution in [2.45, 2.75) is 12.5 Å². The first-order valence-corrected chi connectivity index (χ1v) is 9.80. The normalized spacial score (nSPS) is 20.7. The van der Waals surface area contributed by atoms with Gasteiger partial charge in [-0.2, -0.15) is 0 Å². The summed E-state index contributed by atoms with van der Waals surface area (Å²) in [7, 11) is 1.59. The number of rotatable bonds is 4. The molecule has 6 nitrogen and oxygen atoms in total. The Labute approximate surface area is 169 Å². The highest BCUT2D eigenvalue weighted by Crippen LogP contribution is 2.25. The number of carbonyl (C=O) groups is 2. The van der Waals surface area contributed by atoms with Gasteiger partial charge in [0.25, 0.3) is 5.91 Å². The Morgan fingerprint density at radius 1 is 0.964 bits per heavy atom. The van der Waals surface area contributed by atoms with Crippen LogP contribution in [0.2, 0.25) is 5.02 Å². The minimum absolute atomic E-state index is 0.106. The summed E-state index contributed by atoms with van der Waals surface area (Å²) in [5, 5.41) is 0.724. The molecule has 0 aliphatic carbocycles. The second-order valence-corrected chi connectivity index (χ2v) is 7.58. The molecule has 4 rings (SSSR count). The van der Waals surface area contributed by atoms with Crippen molar-refractivity contribution in [1.82, 2.24) is 0 Å². The minimum atomic E-state index is -0.304. The van der Waals surface area contributed by atoms with Crippen LogP contribution in [0.15, 0.2) is 48.5 Å². The van der Waals surface area contributed by atoms with Crippen LogP contribution in [0.3, 0.4) is 0 Å². The van der Waals surface area contributed by atoms with E-state index in [0.29, 0.717) is 11.4 Å². The lowest BCUT2D eigenvalue weighted by molar-refractivity contribution is -0.915. The van der Waals surface area contributed by atoms with Gasteiger partial charge in [0.05, 0.1) is 45.4 Å². The molecule has 28 heavy (non-hydrogen) atoms. The van der Waals surface area contributed by atoms with E-state index in [4.69, 9.17) is 16.3 Å². The van der Waals surface area contributed by atoms with Crippen LogP contribution in [0, 0.1) is 0 Å². The lowest BCUT2D eigenvalue weighted by atomic mass is 10.1. The third kappa shape index (κ3) is 3.57. The van der Waals surface area contributed by atoms with Crippen LogP contribution in [0.1, 0.15) is 6.42 Å². The van der Waals surface area contributed by atoms with Gasteiger partial charge in [0.15, 0.2) is 6.04 Å². The summed E-state index contributed by atoms with van der Waals surface area (Å²) in [6, 6.07) is 14.6. The Balaban J connectivity index is 1.42. The van der Waals surface area contributed by atoms with Gasteiger partial charge in [0, 0.05) is 10.7 Å². The fourth-order valence-corrected chi connectivity index (χ4v) is 4.13. The predicted molar refractivity (Wildman–Crippen MR) is 108 cm³/mol. The highest BCUT2D eigenvalue weighted by Gasteiger charge is 2.46. The summed E-state index contributed by atoms with van der Waals surface area (Å²) in [6.07, 6.45) is 0.265. The standard InChI is InChI=1S/C21H22ClN3O3/c1-28-18-8-6-17(7-9-18)25-20(26)14-19(21(25)27)24-12-10-23(11-13-24)16-4-2-15(22)3-5-16/h2-9,19H,10-14H2,1H3/p+1/t19-/m1/s1. The number of nitrogens with zero attached hydrogens (tertiary/aromatic N) is 2. The van der Waals surface area contributed by atoms with Crippen LogP contribution in [0.4, 0.5) is 11.4 Å². The Kier molecular flexibility index (Phi) is 5.24. The first kappa shape index (κ1) is 18.8. The van der Waals surface area contributed by atoms with E-state index in [-0.39, 0.29) is 24.3 Å². The SMILES string of the molecule is COc1ccc(N2C(=O)C[C@@H]([NH+]3CCN(c4ccc(Cl)cc4)CC3)C2=O)cc1. The van der Waals surface area contributed by atoms with E-state index in [9.17, 15) is 9.59 Å². The number of hydrogen-bond acceptors (Lipinski definition) is 4. The first-order valence-electron chi connectivity index (χ1n) is 9.43. The van der Waals surface area contributed by atoms with Gasteiger partial charge in [-0.25, -0.2) is 4.90 Å². The average molecular weight is 401 g/mol. The molecule has 0 radical (unpaired) electrons. The number of carbonyl (C=O) groups excluding carboxylic acids is 2. The summed E-state index contributed by atoms with van der Waals surface area (Å²) in [6.45, 7) is 3.33. The summed E-state index contributed by atoms with van der Waals surface area (Å²) in [5.41, 5.74) is 1.75. The molecule has 0 aromatic heterocycles. The third-order valence-electron chi connectivity index (χ3n) is 5.57. The van der Waals surface area contributed by atoms with Crippen molar-refractivity contribution >= 4 is 34.8 Å². The molecule has 146 valence electrons.